The standard InChI is InChI=1S/C13H24N4O/c1-4-5-11-7-17(8-13-15-9-18-16-13)12(6-14-11)10(2)3/h9-12,14H,4-8H2,1-3H3. The van der Waals surface area contributed by atoms with Crippen LogP contribution in [0.1, 0.15) is 39.4 Å². The summed E-state index contributed by atoms with van der Waals surface area (Å²) in [7, 11) is 0. The molecule has 2 heterocycles. The Bertz CT molecular complexity index is 339. The molecular formula is C13H24N4O. The predicted octanol–water partition coefficient (Wildman–Crippen LogP) is 1.67. The van der Waals surface area contributed by atoms with Gasteiger partial charge in [0.15, 0.2) is 5.82 Å². The third-order valence-corrected chi connectivity index (χ3v) is 3.70. The van der Waals surface area contributed by atoms with E-state index in [-0.39, 0.29) is 0 Å². The van der Waals surface area contributed by atoms with Crippen molar-refractivity contribution in [3.63, 3.8) is 0 Å². The smallest absolute Gasteiger partial charge is 0.213 e. The number of nitrogens with zero attached hydrogens (tertiary/aromatic N) is 3. The highest BCUT2D eigenvalue weighted by Gasteiger charge is 2.30. The Morgan fingerprint density at radius 2 is 2.39 bits per heavy atom. The van der Waals surface area contributed by atoms with Crippen molar-refractivity contribution in [1.82, 2.24) is 20.4 Å². The van der Waals surface area contributed by atoms with E-state index in [0.29, 0.717) is 18.0 Å². The summed E-state index contributed by atoms with van der Waals surface area (Å²) in [6, 6.07) is 1.15. The van der Waals surface area contributed by atoms with E-state index in [0.717, 1.165) is 25.5 Å². The van der Waals surface area contributed by atoms with Crippen LogP contribution in [0.3, 0.4) is 0 Å². The van der Waals surface area contributed by atoms with Crippen molar-refractivity contribution in [1.29, 1.82) is 0 Å². The Hall–Kier alpha value is -0.940. The molecule has 1 aliphatic rings. The lowest BCUT2D eigenvalue weighted by atomic mass is 9.97. The highest BCUT2D eigenvalue weighted by atomic mass is 16.5. The van der Waals surface area contributed by atoms with Gasteiger partial charge in [-0.1, -0.05) is 32.3 Å². The van der Waals surface area contributed by atoms with Crippen molar-refractivity contribution in [2.75, 3.05) is 13.1 Å². The Labute approximate surface area is 109 Å². The van der Waals surface area contributed by atoms with Gasteiger partial charge < -0.3 is 9.84 Å². The van der Waals surface area contributed by atoms with Crippen LogP contribution in [0.4, 0.5) is 0 Å². The van der Waals surface area contributed by atoms with Crippen LogP contribution in [-0.4, -0.2) is 40.2 Å². The lowest BCUT2D eigenvalue weighted by molar-refractivity contribution is 0.0851. The number of aromatic nitrogens is 2. The van der Waals surface area contributed by atoms with Gasteiger partial charge in [0.05, 0.1) is 6.54 Å². The number of hydrogen-bond donors (Lipinski definition) is 1. The second-order valence-corrected chi connectivity index (χ2v) is 5.48. The maximum absolute atomic E-state index is 4.82. The minimum atomic E-state index is 0.552. The van der Waals surface area contributed by atoms with Gasteiger partial charge in [-0.25, -0.2) is 0 Å². The average Bonchev–Trinajstić information content (AvgIpc) is 2.82. The largest absolute Gasteiger partial charge is 0.343 e. The second-order valence-electron chi connectivity index (χ2n) is 5.48. The van der Waals surface area contributed by atoms with Crippen LogP contribution in [0.2, 0.25) is 0 Å². The van der Waals surface area contributed by atoms with Crippen LogP contribution in [0, 0.1) is 5.92 Å². The molecule has 18 heavy (non-hydrogen) atoms. The van der Waals surface area contributed by atoms with Crippen molar-refractivity contribution >= 4 is 0 Å². The molecule has 1 fully saturated rings. The van der Waals surface area contributed by atoms with E-state index in [1.165, 1.54) is 19.2 Å². The summed E-state index contributed by atoms with van der Waals surface area (Å²) in [5, 5.41) is 7.58. The molecule has 0 spiro atoms. The molecule has 1 aromatic rings. The van der Waals surface area contributed by atoms with Crippen molar-refractivity contribution < 1.29 is 4.52 Å². The summed E-state index contributed by atoms with van der Waals surface area (Å²) in [5.74, 6) is 1.42. The van der Waals surface area contributed by atoms with Gasteiger partial charge in [0.1, 0.15) is 0 Å². The molecule has 0 radical (unpaired) electrons. The first kappa shape index (κ1) is 13.5. The lowest BCUT2D eigenvalue weighted by Gasteiger charge is -2.42. The normalized spacial score (nSPS) is 25.8. The topological polar surface area (TPSA) is 54.2 Å². The van der Waals surface area contributed by atoms with Crippen LogP contribution < -0.4 is 5.32 Å². The zero-order valence-electron chi connectivity index (χ0n) is 11.6. The third kappa shape index (κ3) is 3.29. The summed E-state index contributed by atoms with van der Waals surface area (Å²) in [4.78, 5) is 6.63. The van der Waals surface area contributed by atoms with E-state index in [4.69, 9.17) is 4.52 Å². The fourth-order valence-electron chi connectivity index (χ4n) is 2.72. The van der Waals surface area contributed by atoms with Crippen molar-refractivity contribution in [3.8, 4) is 0 Å². The van der Waals surface area contributed by atoms with Crippen molar-refractivity contribution in [3.05, 3.63) is 12.2 Å². The predicted molar refractivity (Wildman–Crippen MR) is 70.0 cm³/mol. The fourth-order valence-corrected chi connectivity index (χ4v) is 2.72. The zero-order valence-corrected chi connectivity index (χ0v) is 11.6. The number of rotatable bonds is 5. The summed E-state index contributed by atoms with van der Waals surface area (Å²) in [6.07, 6.45) is 3.86. The lowest BCUT2D eigenvalue weighted by Crippen LogP contribution is -2.57. The van der Waals surface area contributed by atoms with Gasteiger partial charge in [-0.3, -0.25) is 4.90 Å². The first-order valence-electron chi connectivity index (χ1n) is 6.93. The molecule has 1 saturated heterocycles. The first-order chi connectivity index (χ1) is 8.70. The van der Waals surface area contributed by atoms with E-state index in [1.54, 1.807) is 0 Å². The highest BCUT2D eigenvalue weighted by Crippen LogP contribution is 2.18. The Morgan fingerprint density at radius 3 is 3.00 bits per heavy atom. The van der Waals surface area contributed by atoms with E-state index in [2.05, 4.69) is 41.1 Å². The monoisotopic (exact) mass is 252 g/mol. The zero-order chi connectivity index (χ0) is 13.0. The number of piperazine rings is 1. The molecule has 0 amide bonds. The Kier molecular flexibility index (Phi) is 4.72. The van der Waals surface area contributed by atoms with E-state index >= 15 is 0 Å². The van der Waals surface area contributed by atoms with Gasteiger partial charge in [-0.15, -0.1) is 0 Å². The minimum absolute atomic E-state index is 0.552. The fraction of sp³-hybridized carbons (Fsp3) is 0.846. The summed E-state index contributed by atoms with van der Waals surface area (Å²) >= 11 is 0. The van der Waals surface area contributed by atoms with Gasteiger partial charge in [-0.2, -0.15) is 4.98 Å². The molecule has 0 aliphatic carbocycles. The van der Waals surface area contributed by atoms with Crippen LogP contribution in [-0.2, 0) is 6.54 Å². The molecule has 5 nitrogen and oxygen atoms in total. The average molecular weight is 252 g/mol. The molecule has 2 atom stereocenters. The molecule has 1 aromatic heterocycles. The van der Waals surface area contributed by atoms with Gasteiger partial charge in [0.25, 0.3) is 0 Å². The summed E-state index contributed by atoms with van der Waals surface area (Å²) in [5.41, 5.74) is 0. The molecule has 1 aliphatic heterocycles. The van der Waals surface area contributed by atoms with Gasteiger partial charge in [0, 0.05) is 25.2 Å². The van der Waals surface area contributed by atoms with E-state index in [1.807, 2.05) is 0 Å². The van der Waals surface area contributed by atoms with Crippen molar-refractivity contribution in [2.45, 2.75) is 52.2 Å². The molecule has 2 rings (SSSR count). The third-order valence-electron chi connectivity index (χ3n) is 3.70. The second kappa shape index (κ2) is 6.29. The Morgan fingerprint density at radius 1 is 1.56 bits per heavy atom. The quantitative estimate of drug-likeness (QED) is 0.864. The molecule has 2 unspecified atom stereocenters. The molecule has 0 aromatic carbocycles. The van der Waals surface area contributed by atoms with Gasteiger partial charge in [-0.05, 0) is 12.3 Å². The van der Waals surface area contributed by atoms with Gasteiger partial charge in [0.2, 0.25) is 6.39 Å². The molecule has 5 heteroatoms. The molecule has 1 N–H and O–H groups in total. The van der Waals surface area contributed by atoms with Gasteiger partial charge >= 0.3 is 0 Å². The number of hydrogen-bond acceptors (Lipinski definition) is 5. The molecule has 0 saturated carbocycles. The van der Waals surface area contributed by atoms with Crippen LogP contribution in [0.15, 0.2) is 10.9 Å². The van der Waals surface area contributed by atoms with E-state index < -0.39 is 0 Å². The van der Waals surface area contributed by atoms with E-state index in [9.17, 15) is 0 Å². The molecular weight excluding hydrogens is 228 g/mol. The van der Waals surface area contributed by atoms with Crippen LogP contribution in [0.25, 0.3) is 0 Å². The molecule has 0 bridgehead atoms. The maximum Gasteiger partial charge on any atom is 0.213 e. The van der Waals surface area contributed by atoms with Crippen LogP contribution in [0.5, 0.6) is 0 Å². The summed E-state index contributed by atoms with van der Waals surface area (Å²) < 4.78 is 4.82. The first-order valence-corrected chi connectivity index (χ1v) is 6.93. The number of nitrogens with one attached hydrogen (secondary N) is 1. The minimum Gasteiger partial charge on any atom is -0.343 e. The molecule has 102 valence electrons. The Balaban J connectivity index is 2.00. The maximum atomic E-state index is 4.82. The summed E-state index contributed by atoms with van der Waals surface area (Å²) in [6.45, 7) is 9.71. The SMILES string of the molecule is CCCC1CN(Cc2ncon2)C(C(C)C)CN1. The van der Waals surface area contributed by atoms with Crippen molar-refractivity contribution in [2.24, 2.45) is 5.92 Å². The highest BCUT2D eigenvalue weighted by molar-refractivity contribution is 4.90. The van der Waals surface area contributed by atoms with Crippen LogP contribution >= 0.6 is 0 Å².